The SMILES string of the molecule is CC(C)[NH-].[CH2-]c1cc(C(F)(F)F)n[nH]1.[Y]. The zero-order chi connectivity index (χ0) is 11.4. The Balaban J connectivity index is 0. The van der Waals surface area contributed by atoms with Crippen molar-refractivity contribution in [3.63, 3.8) is 0 Å². The van der Waals surface area contributed by atoms with E-state index < -0.39 is 11.9 Å². The minimum atomic E-state index is -4.37. The number of H-pyrrole nitrogens is 1. The third kappa shape index (κ3) is 8.90. The van der Waals surface area contributed by atoms with Crippen LogP contribution in [0.4, 0.5) is 13.2 Å². The zero-order valence-corrected chi connectivity index (χ0v) is 11.4. The summed E-state index contributed by atoms with van der Waals surface area (Å²) in [5.41, 5.74) is 5.81. The first-order chi connectivity index (χ1) is 6.23. The van der Waals surface area contributed by atoms with Gasteiger partial charge in [-0.2, -0.15) is 24.3 Å². The van der Waals surface area contributed by atoms with Gasteiger partial charge in [0.15, 0.2) is 0 Å². The van der Waals surface area contributed by atoms with E-state index in [9.17, 15) is 13.2 Å². The Hall–Kier alpha value is -0.0661. The maximum absolute atomic E-state index is 11.7. The van der Waals surface area contributed by atoms with Gasteiger partial charge in [0.1, 0.15) is 0 Å². The first-order valence-corrected chi connectivity index (χ1v) is 3.89. The number of alkyl halides is 3. The molecule has 7 heteroatoms. The summed E-state index contributed by atoms with van der Waals surface area (Å²) >= 11 is 0. The molecule has 1 radical (unpaired) electrons. The van der Waals surface area contributed by atoms with E-state index in [-0.39, 0.29) is 44.4 Å². The van der Waals surface area contributed by atoms with E-state index in [1.165, 1.54) is 0 Å². The fourth-order valence-corrected chi connectivity index (χ4v) is 0.507. The average Bonchev–Trinajstić information content (AvgIpc) is 2.32. The van der Waals surface area contributed by atoms with Crippen molar-refractivity contribution in [1.29, 1.82) is 0 Å². The summed E-state index contributed by atoms with van der Waals surface area (Å²) in [5, 5.41) is 5.07. The molecule has 0 aliphatic carbocycles. The molecule has 0 aliphatic heterocycles. The van der Waals surface area contributed by atoms with Crippen molar-refractivity contribution in [2.24, 2.45) is 0 Å². The normalized spacial score (nSPS) is 10.3. The second kappa shape index (κ2) is 7.25. The second-order valence-corrected chi connectivity index (χ2v) is 2.93. The van der Waals surface area contributed by atoms with Crippen LogP contribution in [0, 0.1) is 6.92 Å². The summed E-state index contributed by atoms with van der Waals surface area (Å²) in [6.45, 7) is 6.90. The number of aromatic amines is 1. The molecule has 0 bridgehead atoms. The summed E-state index contributed by atoms with van der Waals surface area (Å²) in [7, 11) is 0. The molecule has 2 N–H and O–H groups in total. The van der Waals surface area contributed by atoms with Gasteiger partial charge in [0, 0.05) is 32.7 Å². The predicted octanol–water partition coefficient (Wildman–Crippen LogP) is 3.06. The van der Waals surface area contributed by atoms with Crippen molar-refractivity contribution in [3.05, 3.63) is 30.1 Å². The molecule has 0 aliphatic rings. The molecule has 1 aromatic rings. The van der Waals surface area contributed by atoms with E-state index in [0.717, 1.165) is 6.07 Å². The number of hydrogen-bond donors (Lipinski definition) is 1. The molecule has 1 rings (SSSR count). The van der Waals surface area contributed by atoms with Crippen LogP contribution >= 0.6 is 0 Å². The van der Waals surface area contributed by atoms with Gasteiger partial charge in [-0.1, -0.05) is 13.8 Å². The summed E-state index contributed by atoms with van der Waals surface area (Å²) in [6, 6.07) is 0.931. The van der Waals surface area contributed by atoms with E-state index in [0.29, 0.717) is 0 Å². The molecule has 0 spiro atoms. The molecule has 0 saturated heterocycles. The average molecular weight is 296 g/mol. The molecule has 0 aromatic carbocycles. The Labute approximate surface area is 112 Å². The summed E-state index contributed by atoms with van der Waals surface area (Å²) < 4.78 is 35.1. The topological polar surface area (TPSA) is 52.5 Å². The van der Waals surface area contributed by atoms with E-state index >= 15 is 0 Å². The third-order valence-electron chi connectivity index (χ3n) is 0.921. The molecule has 1 heterocycles. The molecular weight excluding hydrogens is 284 g/mol. The van der Waals surface area contributed by atoms with E-state index in [4.69, 9.17) is 5.73 Å². The summed E-state index contributed by atoms with van der Waals surface area (Å²) in [6.07, 6.45) is -4.37. The number of nitrogens with one attached hydrogen (secondary N) is 2. The largest absolute Gasteiger partial charge is 0.675 e. The van der Waals surface area contributed by atoms with E-state index in [1.54, 1.807) is 0 Å². The molecule has 15 heavy (non-hydrogen) atoms. The van der Waals surface area contributed by atoms with E-state index in [1.807, 2.05) is 13.8 Å². The Kier molecular flexibility index (Phi) is 8.37. The minimum Gasteiger partial charge on any atom is -0.675 e. The molecule has 0 unspecified atom stereocenters. The smallest absolute Gasteiger partial charge is 0.418 e. The zero-order valence-electron chi connectivity index (χ0n) is 8.52. The van der Waals surface area contributed by atoms with Gasteiger partial charge in [0.25, 0.3) is 0 Å². The number of aromatic nitrogens is 2. The van der Waals surface area contributed by atoms with Crippen LogP contribution in [0.5, 0.6) is 0 Å². The number of halogens is 3. The van der Waals surface area contributed by atoms with Crippen LogP contribution in [0.15, 0.2) is 6.07 Å². The van der Waals surface area contributed by atoms with Gasteiger partial charge in [0.2, 0.25) is 0 Å². The van der Waals surface area contributed by atoms with Crippen LogP contribution in [-0.2, 0) is 38.9 Å². The maximum atomic E-state index is 11.7. The van der Waals surface area contributed by atoms with Crippen LogP contribution < -0.4 is 0 Å². The summed E-state index contributed by atoms with van der Waals surface area (Å²) in [4.78, 5) is 0. The second-order valence-electron chi connectivity index (χ2n) is 2.93. The first kappa shape index (κ1) is 17.3. The van der Waals surface area contributed by atoms with Gasteiger partial charge in [-0.05, 0) is 0 Å². The van der Waals surface area contributed by atoms with Crippen LogP contribution in [-0.4, -0.2) is 16.2 Å². The van der Waals surface area contributed by atoms with Crippen LogP contribution in [0.25, 0.3) is 5.73 Å². The molecule has 0 amide bonds. The van der Waals surface area contributed by atoms with Gasteiger partial charge in [-0.3, -0.25) is 0 Å². The molecule has 3 nitrogen and oxygen atoms in total. The molecular formula is C8H12F3N3Y-2. The van der Waals surface area contributed by atoms with Gasteiger partial charge in [0.05, 0.1) is 5.69 Å². The standard InChI is InChI=1S/C5H4F3N2.C3H8N.Y/c1-3-2-4(10-9-3)5(6,7)8;1-3(2)4;/h2H,1H2,(H,9,10);3-4H,1-2H3;/q2*-1;. The van der Waals surface area contributed by atoms with Crippen molar-refractivity contribution in [2.75, 3.05) is 0 Å². The third-order valence-corrected chi connectivity index (χ3v) is 0.921. The Bertz CT molecular complexity index is 268. The van der Waals surface area contributed by atoms with Gasteiger partial charge in [-0.15, -0.1) is 11.7 Å². The van der Waals surface area contributed by atoms with Gasteiger partial charge < -0.3 is 10.8 Å². The molecule has 1 aromatic heterocycles. The molecule has 0 atom stereocenters. The Morgan fingerprint density at radius 2 is 1.87 bits per heavy atom. The van der Waals surface area contributed by atoms with Crippen molar-refractivity contribution in [1.82, 2.24) is 10.2 Å². The number of rotatable bonds is 0. The molecule has 0 fully saturated rings. The van der Waals surface area contributed by atoms with Crippen molar-refractivity contribution >= 4 is 0 Å². The van der Waals surface area contributed by atoms with Crippen molar-refractivity contribution in [3.8, 4) is 0 Å². The van der Waals surface area contributed by atoms with E-state index in [2.05, 4.69) is 17.1 Å². The fourth-order valence-electron chi connectivity index (χ4n) is 0.507. The van der Waals surface area contributed by atoms with Gasteiger partial charge in [-0.25, -0.2) is 6.92 Å². The van der Waals surface area contributed by atoms with Crippen LogP contribution in [0.1, 0.15) is 25.2 Å². The number of nitrogens with zero attached hydrogens (tertiary/aromatic N) is 1. The number of hydrogen-bond acceptors (Lipinski definition) is 1. The molecule has 85 valence electrons. The minimum absolute atomic E-state index is 0. The molecule has 0 saturated carbocycles. The fraction of sp³-hybridized carbons (Fsp3) is 0.500. The first-order valence-electron chi connectivity index (χ1n) is 3.89. The van der Waals surface area contributed by atoms with Crippen molar-refractivity contribution < 1.29 is 45.9 Å². The summed E-state index contributed by atoms with van der Waals surface area (Å²) in [5.74, 6) is 0. The van der Waals surface area contributed by atoms with Gasteiger partial charge >= 0.3 is 6.18 Å². The Morgan fingerprint density at radius 3 is 2.00 bits per heavy atom. The van der Waals surface area contributed by atoms with Crippen LogP contribution in [0.2, 0.25) is 0 Å². The maximum Gasteiger partial charge on any atom is 0.418 e. The van der Waals surface area contributed by atoms with Crippen molar-refractivity contribution in [2.45, 2.75) is 26.1 Å². The Morgan fingerprint density at radius 1 is 1.47 bits per heavy atom. The quantitative estimate of drug-likeness (QED) is 0.735. The predicted molar refractivity (Wildman–Crippen MR) is 47.5 cm³/mol. The van der Waals surface area contributed by atoms with Crippen LogP contribution in [0.3, 0.4) is 0 Å². The monoisotopic (exact) mass is 296 g/mol.